The molecule has 0 amide bonds. The van der Waals surface area contributed by atoms with Crippen LogP contribution in [0.3, 0.4) is 0 Å². The molecule has 0 aromatic carbocycles. The van der Waals surface area contributed by atoms with E-state index in [1.165, 1.54) is 0 Å². The Morgan fingerprint density at radius 1 is 1.13 bits per heavy atom. The molecule has 7 nitrogen and oxygen atoms in total. The topological polar surface area (TPSA) is 131 Å². The van der Waals surface area contributed by atoms with Gasteiger partial charge in [0.1, 0.15) is 32.3 Å². The molecule has 128 valence electrons. The van der Waals surface area contributed by atoms with Crippen LogP contribution in [0.5, 0.6) is 0 Å². The molecule has 2 aliphatic carbocycles. The summed E-state index contributed by atoms with van der Waals surface area (Å²) in [7, 11) is 10.8. The fourth-order valence-corrected chi connectivity index (χ4v) is 3.44. The van der Waals surface area contributed by atoms with Crippen LogP contribution < -0.4 is 0 Å². The Labute approximate surface area is 135 Å². The van der Waals surface area contributed by atoms with Crippen molar-refractivity contribution in [2.75, 3.05) is 19.9 Å². The van der Waals surface area contributed by atoms with E-state index in [2.05, 4.69) is 0 Å². The van der Waals surface area contributed by atoms with E-state index in [0.29, 0.717) is 0 Å². The van der Waals surface area contributed by atoms with Crippen molar-refractivity contribution in [3.8, 4) is 0 Å². The summed E-state index contributed by atoms with van der Waals surface area (Å²) in [5.41, 5.74) is -2.55. The molecule has 0 bridgehead atoms. The molecule has 2 saturated carbocycles. The van der Waals surface area contributed by atoms with Crippen molar-refractivity contribution in [1.29, 1.82) is 0 Å². The van der Waals surface area contributed by atoms with E-state index >= 15 is 0 Å². The molecule has 6 N–H and O–H groups in total. The van der Waals surface area contributed by atoms with Crippen LogP contribution in [0.15, 0.2) is 0 Å². The summed E-state index contributed by atoms with van der Waals surface area (Å²) in [6.45, 7) is -1.77. The average Bonchev–Trinajstić information content (AvgIpc) is 3.22. The lowest BCUT2D eigenvalue weighted by molar-refractivity contribution is -0.0734. The molecule has 3 rings (SSSR count). The van der Waals surface area contributed by atoms with Crippen LogP contribution >= 0.6 is 0 Å². The summed E-state index contributed by atoms with van der Waals surface area (Å²) in [6, 6.07) is -1.30. The monoisotopic (exact) mass is 330 g/mol. The lowest BCUT2D eigenvalue weighted by Crippen LogP contribution is -2.50. The minimum Gasteiger partial charge on any atom is -0.396 e. The second-order valence-corrected chi connectivity index (χ2v) is 6.56. The third-order valence-corrected chi connectivity index (χ3v) is 5.32. The fourth-order valence-electron chi connectivity index (χ4n) is 3.44. The maximum atomic E-state index is 12.2. The van der Waals surface area contributed by atoms with Crippen LogP contribution in [-0.4, -0.2) is 102 Å². The van der Waals surface area contributed by atoms with Crippen molar-refractivity contribution in [3.63, 3.8) is 0 Å². The number of hydrogen-bond donors (Lipinski definition) is 6. The maximum Gasteiger partial charge on any atom is 0.139 e. The zero-order chi connectivity index (χ0) is 17.6. The number of alkyl halides is 1. The highest BCUT2D eigenvalue weighted by molar-refractivity contribution is 6.13. The molecule has 1 heterocycles. The van der Waals surface area contributed by atoms with Crippen LogP contribution in [0, 0.1) is 11.3 Å². The quantitative estimate of drug-likeness (QED) is 0.298. The number of aliphatic hydroxyl groups excluding tert-OH is 5. The normalized spacial score (nSPS) is 54.3. The summed E-state index contributed by atoms with van der Waals surface area (Å²) in [4.78, 5) is 0. The van der Waals surface area contributed by atoms with Crippen molar-refractivity contribution >= 4 is 15.7 Å². The van der Waals surface area contributed by atoms with Crippen molar-refractivity contribution in [2.24, 2.45) is 11.3 Å². The molecular weight excluding hydrogens is 309 g/mol. The highest BCUT2D eigenvalue weighted by Gasteiger charge is 2.68. The van der Waals surface area contributed by atoms with Gasteiger partial charge in [0, 0.05) is 5.41 Å². The lowest BCUT2D eigenvalue weighted by atomic mass is 9.81. The molecule has 0 aromatic heterocycles. The number of rotatable bonds is 3. The van der Waals surface area contributed by atoms with Gasteiger partial charge in [0.05, 0.1) is 39.3 Å². The van der Waals surface area contributed by atoms with E-state index < -0.39 is 54.7 Å². The first-order chi connectivity index (χ1) is 10.7. The third-order valence-electron chi connectivity index (χ3n) is 5.32. The molecule has 4 radical (unpaired) electrons. The van der Waals surface area contributed by atoms with Crippen molar-refractivity contribution < 1.29 is 39.8 Å². The van der Waals surface area contributed by atoms with Crippen LogP contribution in [0.25, 0.3) is 0 Å². The number of fused-ring (bicyclic) bond motifs is 1. The average molecular weight is 330 g/mol. The summed E-state index contributed by atoms with van der Waals surface area (Å²) in [6.07, 6.45) is -3.42. The largest absolute Gasteiger partial charge is 0.396 e. The van der Waals surface area contributed by atoms with Gasteiger partial charge in [0.2, 0.25) is 0 Å². The highest BCUT2D eigenvalue weighted by Crippen LogP contribution is 2.67. The summed E-state index contributed by atoms with van der Waals surface area (Å²) >= 11 is 0. The molecule has 0 aromatic rings. The van der Waals surface area contributed by atoms with Gasteiger partial charge in [0.15, 0.2) is 0 Å². The Kier molecular flexibility index (Phi) is 5.47. The molecule has 0 unspecified atom stereocenters. The van der Waals surface area contributed by atoms with Crippen LogP contribution in [-0.2, 0) is 4.74 Å². The maximum absolute atomic E-state index is 12.2. The van der Waals surface area contributed by atoms with Gasteiger partial charge in [-0.3, -0.25) is 0 Å². The highest BCUT2D eigenvalue weighted by atomic mass is 19.1. The SMILES string of the molecule is [B][C@@H]1O[C@H](CO)[C@@H](O)[C@]1(O)CF.[B][C@H]1[C@H](O)[C@H](O)[C@@]2(CO)C[C@H]12. The Balaban J connectivity index is 0.000000167. The van der Waals surface area contributed by atoms with Crippen molar-refractivity contribution in [3.05, 3.63) is 0 Å². The first-order valence-corrected chi connectivity index (χ1v) is 7.40. The van der Waals surface area contributed by atoms with E-state index in [0.717, 1.165) is 6.42 Å². The predicted molar refractivity (Wildman–Crippen MR) is 77.6 cm³/mol. The van der Waals surface area contributed by atoms with Gasteiger partial charge in [0.25, 0.3) is 0 Å². The number of halogens is 1. The molecule has 10 heteroatoms. The third kappa shape index (κ3) is 2.84. The predicted octanol–water partition coefficient (Wildman–Crippen LogP) is -3.39. The molecule has 3 fully saturated rings. The first kappa shape index (κ1) is 19.1. The molecule has 9 atom stereocenters. The second-order valence-electron chi connectivity index (χ2n) is 6.56. The molecular formula is C13H21B2FO7. The van der Waals surface area contributed by atoms with Gasteiger partial charge in [-0.15, -0.1) is 0 Å². The number of aliphatic hydroxyl groups is 6. The smallest absolute Gasteiger partial charge is 0.139 e. The summed E-state index contributed by atoms with van der Waals surface area (Å²) in [5.74, 6) is -0.227. The lowest BCUT2D eigenvalue weighted by Gasteiger charge is -2.25. The van der Waals surface area contributed by atoms with E-state index in [1.54, 1.807) is 0 Å². The van der Waals surface area contributed by atoms with E-state index in [1.807, 2.05) is 0 Å². The van der Waals surface area contributed by atoms with E-state index in [-0.39, 0.29) is 18.3 Å². The van der Waals surface area contributed by atoms with Crippen LogP contribution in [0.4, 0.5) is 4.39 Å². The van der Waals surface area contributed by atoms with Crippen molar-refractivity contribution in [1.82, 2.24) is 0 Å². The summed E-state index contributed by atoms with van der Waals surface area (Å²) in [5, 5.41) is 54.8. The summed E-state index contributed by atoms with van der Waals surface area (Å²) < 4.78 is 17.0. The standard InChI is InChI=1S/C7H11BO3.C6H10BFO4/c8-4-3-1-7(3,2-9)6(11)5(4)10;7-5-6(11,2-8)4(10)3(1-9)12-5/h3-6,9-11H,1-2H2;3-5,9-11H,1-2H2/t3-,4-,5+,6+,7-;3-,4-,5-,6-/m11/s1. The molecule has 1 aliphatic heterocycles. The molecule has 3 aliphatic rings. The van der Waals surface area contributed by atoms with Gasteiger partial charge in [-0.05, 0) is 18.2 Å². The first-order valence-electron chi connectivity index (χ1n) is 7.40. The van der Waals surface area contributed by atoms with Crippen molar-refractivity contribution in [2.45, 2.75) is 48.3 Å². The Morgan fingerprint density at radius 3 is 2.00 bits per heavy atom. The minimum atomic E-state index is -2.09. The van der Waals surface area contributed by atoms with Gasteiger partial charge in [-0.25, -0.2) is 4.39 Å². The Hall–Kier alpha value is -0.220. The van der Waals surface area contributed by atoms with Crippen LogP contribution in [0.2, 0.25) is 5.82 Å². The Bertz CT molecular complexity index is 431. The molecule has 1 saturated heterocycles. The van der Waals surface area contributed by atoms with Gasteiger partial charge < -0.3 is 35.4 Å². The molecule has 23 heavy (non-hydrogen) atoms. The van der Waals surface area contributed by atoms with Crippen LogP contribution in [0.1, 0.15) is 6.42 Å². The van der Waals surface area contributed by atoms with Gasteiger partial charge in [-0.1, -0.05) is 0 Å². The van der Waals surface area contributed by atoms with Gasteiger partial charge >= 0.3 is 0 Å². The number of hydrogen-bond acceptors (Lipinski definition) is 7. The zero-order valence-electron chi connectivity index (χ0n) is 12.5. The second kappa shape index (κ2) is 6.59. The minimum absolute atomic E-state index is 0.0659. The number of ether oxygens (including phenoxy) is 1. The van der Waals surface area contributed by atoms with E-state index in [9.17, 15) is 24.8 Å². The Morgan fingerprint density at radius 2 is 1.74 bits per heavy atom. The van der Waals surface area contributed by atoms with Gasteiger partial charge in [-0.2, -0.15) is 0 Å². The van der Waals surface area contributed by atoms with E-state index in [4.69, 9.17) is 30.6 Å². The zero-order valence-corrected chi connectivity index (χ0v) is 12.5. The molecule has 0 spiro atoms. The fraction of sp³-hybridized carbons (Fsp3) is 1.00.